The highest BCUT2D eigenvalue weighted by atomic mass is 16.2. The molecule has 3 N–H and O–H groups in total. The molecule has 5 heteroatoms. The average molecular weight is 280 g/mol. The Bertz CT molecular complexity index is 432. The van der Waals surface area contributed by atoms with Crippen molar-refractivity contribution in [3.63, 3.8) is 0 Å². The molecule has 5 nitrogen and oxygen atoms in total. The van der Waals surface area contributed by atoms with Gasteiger partial charge in [-0.05, 0) is 25.2 Å². The van der Waals surface area contributed by atoms with E-state index in [1.165, 1.54) is 0 Å². The second-order valence-electron chi connectivity index (χ2n) is 5.91. The monoisotopic (exact) mass is 280 g/mol. The first-order chi connectivity index (χ1) is 9.43. The smallest absolute Gasteiger partial charge is 0.134 e. The summed E-state index contributed by atoms with van der Waals surface area (Å²) in [4.78, 5) is 9.04. The van der Waals surface area contributed by atoms with E-state index in [2.05, 4.69) is 41.4 Å². The molecule has 0 atom stereocenters. The minimum absolute atomic E-state index is 0.131. The number of nitrogens with one attached hydrogen (secondary N) is 2. The number of aliphatic hydroxyl groups excluding tert-OH is 1. The summed E-state index contributed by atoms with van der Waals surface area (Å²) in [6.45, 7) is 9.56. The summed E-state index contributed by atoms with van der Waals surface area (Å²) in [5.41, 5.74) is 1.18. The van der Waals surface area contributed by atoms with E-state index >= 15 is 0 Å². The Labute approximate surface area is 122 Å². The Morgan fingerprint density at radius 2 is 1.85 bits per heavy atom. The van der Waals surface area contributed by atoms with Gasteiger partial charge in [-0.1, -0.05) is 20.8 Å². The van der Waals surface area contributed by atoms with Crippen LogP contribution in [-0.2, 0) is 6.42 Å². The van der Waals surface area contributed by atoms with Crippen molar-refractivity contribution >= 4 is 11.6 Å². The van der Waals surface area contributed by atoms with Gasteiger partial charge in [0.25, 0.3) is 0 Å². The van der Waals surface area contributed by atoms with Crippen LogP contribution in [0.25, 0.3) is 0 Å². The summed E-state index contributed by atoms with van der Waals surface area (Å²) < 4.78 is 0. The number of anilines is 2. The Morgan fingerprint density at radius 3 is 2.40 bits per heavy atom. The van der Waals surface area contributed by atoms with Gasteiger partial charge in [0.05, 0.1) is 0 Å². The SMILES string of the molecule is CCc1nc(NC)c(C)c(NCC(C)(C)CCCO)n1. The number of aryl methyl sites for hydroxylation is 1. The van der Waals surface area contributed by atoms with Crippen molar-refractivity contribution in [2.45, 2.75) is 47.0 Å². The quantitative estimate of drug-likeness (QED) is 0.683. The Morgan fingerprint density at radius 1 is 1.20 bits per heavy atom. The summed E-state index contributed by atoms with van der Waals surface area (Å²) in [5, 5.41) is 15.5. The van der Waals surface area contributed by atoms with E-state index in [-0.39, 0.29) is 12.0 Å². The van der Waals surface area contributed by atoms with Crippen LogP contribution in [0.15, 0.2) is 0 Å². The van der Waals surface area contributed by atoms with Crippen LogP contribution in [-0.4, -0.2) is 35.3 Å². The third kappa shape index (κ3) is 4.63. The molecular formula is C15H28N4O. The van der Waals surface area contributed by atoms with Crippen LogP contribution >= 0.6 is 0 Å². The molecule has 0 saturated heterocycles. The lowest BCUT2D eigenvalue weighted by Gasteiger charge is -2.25. The van der Waals surface area contributed by atoms with Crippen molar-refractivity contribution in [3.05, 3.63) is 11.4 Å². The fourth-order valence-electron chi connectivity index (χ4n) is 2.11. The summed E-state index contributed by atoms with van der Waals surface area (Å²) in [6, 6.07) is 0. The van der Waals surface area contributed by atoms with Gasteiger partial charge in [-0.15, -0.1) is 0 Å². The molecule has 0 aliphatic carbocycles. The first kappa shape index (κ1) is 16.7. The third-order valence-corrected chi connectivity index (χ3v) is 3.49. The minimum Gasteiger partial charge on any atom is -0.396 e. The van der Waals surface area contributed by atoms with Gasteiger partial charge in [0.1, 0.15) is 17.5 Å². The highest BCUT2D eigenvalue weighted by Gasteiger charge is 2.18. The van der Waals surface area contributed by atoms with Crippen molar-refractivity contribution in [2.75, 3.05) is 30.8 Å². The van der Waals surface area contributed by atoms with Crippen LogP contribution in [0.4, 0.5) is 11.6 Å². The molecule has 0 aliphatic heterocycles. The van der Waals surface area contributed by atoms with E-state index < -0.39 is 0 Å². The van der Waals surface area contributed by atoms with Gasteiger partial charge in [-0.2, -0.15) is 0 Å². The van der Waals surface area contributed by atoms with Gasteiger partial charge in [-0.3, -0.25) is 0 Å². The fraction of sp³-hybridized carbons (Fsp3) is 0.733. The molecule has 1 aromatic rings. The summed E-state index contributed by atoms with van der Waals surface area (Å²) in [7, 11) is 1.88. The number of nitrogens with zero attached hydrogens (tertiary/aromatic N) is 2. The molecule has 0 spiro atoms. The number of hydrogen-bond acceptors (Lipinski definition) is 5. The van der Waals surface area contributed by atoms with Crippen LogP contribution in [0.3, 0.4) is 0 Å². The molecule has 0 amide bonds. The zero-order valence-electron chi connectivity index (χ0n) is 13.4. The number of aliphatic hydroxyl groups is 1. The lowest BCUT2D eigenvalue weighted by atomic mass is 9.88. The predicted molar refractivity (Wildman–Crippen MR) is 84.3 cm³/mol. The Kier molecular flexibility index (Phi) is 6.20. The van der Waals surface area contributed by atoms with E-state index in [0.717, 1.165) is 48.8 Å². The molecule has 0 unspecified atom stereocenters. The van der Waals surface area contributed by atoms with Gasteiger partial charge < -0.3 is 15.7 Å². The Hall–Kier alpha value is -1.36. The maximum atomic E-state index is 8.95. The Balaban J connectivity index is 2.81. The number of aromatic nitrogens is 2. The highest BCUT2D eigenvalue weighted by molar-refractivity contribution is 5.57. The molecule has 0 bridgehead atoms. The molecule has 20 heavy (non-hydrogen) atoms. The zero-order chi connectivity index (χ0) is 15.2. The molecule has 114 valence electrons. The predicted octanol–water partition coefficient (Wildman–Crippen LogP) is 2.60. The van der Waals surface area contributed by atoms with Crippen LogP contribution in [0, 0.1) is 12.3 Å². The second-order valence-corrected chi connectivity index (χ2v) is 5.91. The van der Waals surface area contributed by atoms with Crippen LogP contribution in [0.2, 0.25) is 0 Å². The number of rotatable bonds is 8. The van der Waals surface area contributed by atoms with Crippen LogP contribution < -0.4 is 10.6 Å². The van der Waals surface area contributed by atoms with E-state index in [1.54, 1.807) is 0 Å². The molecular weight excluding hydrogens is 252 g/mol. The van der Waals surface area contributed by atoms with Crippen LogP contribution in [0.5, 0.6) is 0 Å². The third-order valence-electron chi connectivity index (χ3n) is 3.49. The lowest BCUT2D eigenvalue weighted by molar-refractivity contribution is 0.248. The maximum absolute atomic E-state index is 8.95. The highest BCUT2D eigenvalue weighted by Crippen LogP contribution is 2.25. The first-order valence-corrected chi connectivity index (χ1v) is 7.33. The van der Waals surface area contributed by atoms with Crippen LogP contribution in [0.1, 0.15) is 45.0 Å². The molecule has 1 rings (SSSR count). The molecule has 0 fully saturated rings. The largest absolute Gasteiger partial charge is 0.396 e. The van der Waals surface area contributed by atoms with Gasteiger partial charge in [0.15, 0.2) is 0 Å². The van der Waals surface area contributed by atoms with Crippen molar-refractivity contribution in [1.82, 2.24) is 9.97 Å². The van der Waals surface area contributed by atoms with Gasteiger partial charge >= 0.3 is 0 Å². The molecule has 0 saturated carbocycles. The molecule has 0 aliphatic rings. The molecule has 0 radical (unpaired) electrons. The zero-order valence-corrected chi connectivity index (χ0v) is 13.4. The number of hydrogen-bond donors (Lipinski definition) is 3. The normalized spacial score (nSPS) is 11.5. The van der Waals surface area contributed by atoms with Gasteiger partial charge in [0.2, 0.25) is 0 Å². The van der Waals surface area contributed by atoms with E-state index in [0.29, 0.717) is 0 Å². The van der Waals surface area contributed by atoms with Crippen molar-refractivity contribution in [1.29, 1.82) is 0 Å². The summed E-state index contributed by atoms with van der Waals surface area (Å²) >= 11 is 0. The van der Waals surface area contributed by atoms with Gasteiger partial charge in [0, 0.05) is 32.2 Å². The average Bonchev–Trinajstić information content (AvgIpc) is 2.44. The molecule has 0 aromatic carbocycles. The van der Waals surface area contributed by atoms with Gasteiger partial charge in [-0.25, -0.2) is 9.97 Å². The maximum Gasteiger partial charge on any atom is 0.134 e. The molecule has 1 heterocycles. The van der Waals surface area contributed by atoms with E-state index in [1.807, 2.05) is 14.0 Å². The summed E-state index contributed by atoms with van der Waals surface area (Å²) in [6.07, 6.45) is 2.64. The van der Waals surface area contributed by atoms with E-state index in [9.17, 15) is 0 Å². The molecule has 1 aromatic heterocycles. The second kappa shape index (κ2) is 7.43. The fourth-order valence-corrected chi connectivity index (χ4v) is 2.11. The standard InChI is InChI=1S/C15H28N4O/c1-6-12-18-13(16-5)11(2)14(19-12)17-10-15(3,4)8-7-9-20/h20H,6-10H2,1-5H3,(H2,16,17,18,19). The minimum atomic E-state index is 0.131. The summed E-state index contributed by atoms with van der Waals surface area (Å²) in [5.74, 6) is 2.63. The van der Waals surface area contributed by atoms with Crippen molar-refractivity contribution in [2.24, 2.45) is 5.41 Å². The van der Waals surface area contributed by atoms with E-state index in [4.69, 9.17) is 5.11 Å². The lowest BCUT2D eigenvalue weighted by Crippen LogP contribution is -2.24. The van der Waals surface area contributed by atoms with Crippen molar-refractivity contribution in [3.8, 4) is 0 Å². The first-order valence-electron chi connectivity index (χ1n) is 7.33. The van der Waals surface area contributed by atoms with Crippen molar-refractivity contribution < 1.29 is 5.11 Å². The topological polar surface area (TPSA) is 70.1 Å².